The number of aliphatic hydroxyl groups excluding tert-OH is 2. The van der Waals surface area contributed by atoms with Gasteiger partial charge in [-0.05, 0) is 56.6 Å². The zero-order valence-electron chi connectivity index (χ0n) is 14.6. The molecule has 2 N–H and O–H groups in total. The molecule has 0 fully saturated rings. The molecule has 0 aliphatic heterocycles. The van der Waals surface area contributed by atoms with Gasteiger partial charge in [-0.15, -0.1) is 0 Å². The summed E-state index contributed by atoms with van der Waals surface area (Å²) in [5.74, 6) is 0.277. The van der Waals surface area contributed by atoms with E-state index in [1.165, 1.54) is 11.1 Å². The number of hydrogen-bond acceptors (Lipinski definition) is 2. The number of allylic oxidation sites excluding steroid dienone is 5. The van der Waals surface area contributed by atoms with Crippen molar-refractivity contribution in [3.05, 3.63) is 47.1 Å². The van der Waals surface area contributed by atoms with Crippen LogP contribution < -0.4 is 0 Å². The van der Waals surface area contributed by atoms with E-state index in [0.29, 0.717) is 12.8 Å². The first-order valence-electron chi connectivity index (χ1n) is 8.38. The maximum atomic E-state index is 10.5. The van der Waals surface area contributed by atoms with Crippen LogP contribution >= 0.6 is 0 Å². The minimum atomic E-state index is -0.564. The van der Waals surface area contributed by atoms with E-state index >= 15 is 0 Å². The Morgan fingerprint density at radius 1 is 1.05 bits per heavy atom. The van der Waals surface area contributed by atoms with E-state index < -0.39 is 12.2 Å². The fraction of sp³-hybridized carbons (Fsp3) is 0.600. The van der Waals surface area contributed by atoms with E-state index in [9.17, 15) is 10.2 Å². The van der Waals surface area contributed by atoms with E-state index in [4.69, 9.17) is 0 Å². The van der Waals surface area contributed by atoms with Gasteiger partial charge in [0.15, 0.2) is 0 Å². The monoisotopic (exact) mass is 304 g/mol. The fourth-order valence-corrected chi connectivity index (χ4v) is 2.73. The van der Waals surface area contributed by atoms with Gasteiger partial charge < -0.3 is 10.2 Å². The SMILES string of the molecule is C=C1C[C@@H](O)/C(C(C)C)=C\C=C(/C)CC/C=C(\C)CC[C@@H]1O. The third-order valence-corrected chi connectivity index (χ3v) is 4.38. The molecule has 124 valence electrons. The molecule has 0 aromatic rings. The highest BCUT2D eigenvalue weighted by atomic mass is 16.3. The molecule has 0 aromatic heterocycles. The van der Waals surface area contributed by atoms with Crippen LogP contribution in [0.3, 0.4) is 0 Å². The molecule has 0 radical (unpaired) electrons. The van der Waals surface area contributed by atoms with Crippen molar-refractivity contribution in [2.24, 2.45) is 5.92 Å². The molecule has 22 heavy (non-hydrogen) atoms. The smallest absolute Gasteiger partial charge is 0.0793 e. The topological polar surface area (TPSA) is 40.5 Å². The second-order valence-corrected chi connectivity index (χ2v) is 6.86. The van der Waals surface area contributed by atoms with Crippen molar-refractivity contribution in [2.45, 2.75) is 72.0 Å². The Labute approximate surface area is 135 Å². The van der Waals surface area contributed by atoms with Gasteiger partial charge >= 0.3 is 0 Å². The van der Waals surface area contributed by atoms with E-state index in [1.807, 2.05) is 6.08 Å². The number of hydrogen-bond donors (Lipinski definition) is 2. The molecule has 1 rings (SSSR count). The Kier molecular flexibility index (Phi) is 7.84. The summed E-state index contributed by atoms with van der Waals surface area (Å²) >= 11 is 0. The van der Waals surface area contributed by atoms with Crippen LogP contribution in [-0.2, 0) is 0 Å². The molecule has 0 saturated heterocycles. The Hall–Kier alpha value is -1.12. The Morgan fingerprint density at radius 3 is 2.36 bits per heavy atom. The quantitative estimate of drug-likeness (QED) is 0.689. The lowest BCUT2D eigenvalue weighted by molar-refractivity contribution is 0.163. The van der Waals surface area contributed by atoms with Gasteiger partial charge in [0.25, 0.3) is 0 Å². The van der Waals surface area contributed by atoms with Crippen LogP contribution in [0.1, 0.15) is 59.8 Å². The van der Waals surface area contributed by atoms with Crippen molar-refractivity contribution >= 4 is 0 Å². The summed E-state index contributed by atoms with van der Waals surface area (Å²) in [5.41, 5.74) is 4.38. The van der Waals surface area contributed by atoms with Crippen molar-refractivity contribution in [1.82, 2.24) is 0 Å². The minimum absolute atomic E-state index is 0.277. The predicted octanol–water partition coefficient (Wildman–Crippen LogP) is 4.70. The predicted molar refractivity (Wildman–Crippen MR) is 94.7 cm³/mol. The van der Waals surface area contributed by atoms with Gasteiger partial charge in [0.2, 0.25) is 0 Å². The highest BCUT2D eigenvalue weighted by molar-refractivity contribution is 5.23. The van der Waals surface area contributed by atoms with Crippen molar-refractivity contribution in [2.75, 3.05) is 0 Å². The number of rotatable bonds is 1. The summed E-state index contributed by atoms with van der Waals surface area (Å²) in [4.78, 5) is 0. The summed E-state index contributed by atoms with van der Waals surface area (Å²) in [7, 11) is 0. The average Bonchev–Trinajstić information content (AvgIpc) is 2.43. The van der Waals surface area contributed by atoms with Crippen LogP contribution in [0.25, 0.3) is 0 Å². The van der Waals surface area contributed by atoms with E-state index in [1.54, 1.807) is 0 Å². The molecule has 0 saturated carbocycles. The molecular weight excluding hydrogens is 272 g/mol. The molecule has 0 bridgehead atoms. The van der Waals surface area contributed by atoms with Crippen molar-refractivity contribution in [1.29, 1.82) is 0 Å². The van der Waals surface area contributed by atoms with Crippen LogP contribution in [0.5, 0.6) is 0 Å². The minimum Gasteiger partial charge on any atom is -0.389 e. The van der Waals surface area contributed by atoms with Crippen molar-refractivity contribution in [3.63, 3.8) is 0 Å². The molecule has 0 aromatic carbocycles. The lowest BCUT2D eigenvalue weighted by atomic mass is 9.90. The lowest BCUT2D eigenvalue weighted by Gasteiger charge is -2.22. The van der Waals surface area contributed by atoms with Crippen LogP contribution in [0.2, 0.25) is 0 Å². The average molecular weight is 304 g/mol. The molecule has 2 atom stereocenters. The van der Waals surface area contributed by atoms with Gasteiger partial charge in [-0.1, -0.05) is 49.8 Å². The molecular formula is C20H32O2. The Bertz CT molecular complexity index is 466. The largest absolute Gasteiger partial charge is 0.389 e. The Balaban J connectivity index is 3.02. The third-order valence-electron chi connectivity index (χ3n) is 4.38. The third kappa shape index (κ3) is 6.33. The van der Waals surface area contributed by atoms with E-state index in [-0.39, 0.29) is 5.92 Å². The normalized spacial score (nSPS) is 33.2. The first-order chi connectivity index (χ1) is 10.3. The molecule has 2 heteroatoms. The maximum Gasteiger partial charge on any atom is 0.0793 e. The zero-order valence-corrected chi connectivity index (χ0v) is 14.6. The summed E-state index contributed by atoms with van der Waals surface area (Å²) in [5, 5.41) is 20.7. The van der Waals surface area contributed by atoms with Crippen LogP contribution in [0.4, 0.5) is 0 Å². The summed E-state index contributed by atoms with van der Waals surface area (Å²) in [6.07, 6.45) is 9.39. The van der Waals surface area contributed by atoms with Gasteiger partial charge in [0, 0.05) is 6.42 Å². The fourth-order valence-electron chi connectivity index (χ4n) is 2.73. The van der Waals surface area contributed by atoms with Crippen molar-refractivity contribution < 1.29 is 10.2 Å². The van der Waals surface area contributed by atoms with Crippen molar-refractivity contribution in [3.8, 4) is 0 Å². The van der Waals surface area contributed by atoms with Gasteiger partial charge in [0.1, 0.15) is 0 Å². The maximum absolute atomic E-state index is 10.5. The molecule has 0 heterocycles. The highest BCUT2D eigenvalue weighted by Crippen LogP contribution is 2.24. The number of aliphatic hydroxyl groups is 2. The molecule has 0 amide bonds. The van der Waals surface area contributed by atoms with Crippen LogP contribution in [-0.4, -0.2) is 22.4 Å². The lowest BCUT2D eigenvalue weighted by Crippen LogP contribution is -2.20. The van der Waals surface area contributed by atoms with Crippen LogP contribution in [0.15, 0.2) is 47.1 Å². The summed E-state index contributed by atoms with van der Waals surface area (Å²) in [6, 6.07) is 0. The van der Waals surface area contributed by atoms with Gasteiger partial charge in [-0.25, -0.2) is 0 Å². The van der Waals surface area contributed by atoms with Gasteiger partial charge in [-0.3, -0.25) is 0 Å². The zero-order chi connectivity index (χ0) is 16.7. The van der Waals surface area contributed by atoms with Gasteiger partial charge in [-0.2, -0.15) is 0 Å². The first kappa shape index (κ1) is 18.9. The standard InChI is InChI=1S/C20H32O2/c1-14(2)18-11-9-15(3)7-6-8-16(4)10-12-19(21)17(5)13-20(18)22/h8-9,11,14,19-22H,5-7,10,12-13H2,1-4H3/b15-9+,16-8+,18-11-/t19-,20+/m0/s1. The van der Waals surface area contributed by atoms with Crippen LogP contribution in [0, 0.1) is 5.92 Å². The molecule has 0 spiro atoms. The molecule has 2 nitrogen and oxygen atoms in total. The van der Waals surface area contributed by atoms with Gasteiger partial charge in [0.05, 0.1) is 12.2 Å². The first-order valence-corrected chi connectivity index (χ1v) is 8.38. The molecule has 1 aliphatic carbocycles. The second-order valence-electron chi connectivity index (χ2n) is 6.86. The van der Waals surface area contributed by atoms with E-state index in [2.05, 4.69) is 46.4 Å². The molecule has 1 aliphatic rings. The second kappa shape index (κ2) is 9.12. The Morgan fingerprint density at radius 2 is 1.73 bits per heavy atom. The highest BCUT2D eigenvalue weighted by Gasteiger charge is 2.18. The summed E-state index contributed by atoms with van der Waals surface area (Å²) in [6.45, 7) is 12.4. The van der Waals surface area contributed by atoms with E-state index in [0.717, 1.165) is 30.4 Å². The molecule has 0 unspecified atom stereocenters. The summed E-state index contributed by atoms with van der Waals surface area (Å²) < 4.78 is 0.